The van der Waals surface area contributed by atoms with Gasteiger partial charge in [0.1, 0.15) is 5.52 Å². The summed E-state index contributed by atoms with van der Waals surface area (Å²) in [6.07, 6.45) is 16.6. The van der Waals surface area contributed by atoms with E-state index in [0.717, 1.165) is 28.1 Å². The Hall–Kier alpha value is -6.01. The molecule has 86 heavy (non-hydrogen) atoms. The van der Waals surface area contributed by atoms with E-state index in [1.165, 1.54) is 121 Å². The number of hydrogen-bond acceptors (Lipinski definition) is 5. The molecule has 0 atom stereocenters. The van der Waals surface area contributed by atoms with Crippen LogP contribution in [0.25, 0.3) is 49.2 Å². The number of aryl methyl sites for hydroxylation is 1. The summed E-state index contributed by atoms with van der Waals surface area (Å²) in [6.45, 7) is 58.2. The van der Waals surface area contributed by atoms with Gasteiger partial charge in [-0.1, -0.05) is 270 Å². The van der Waals surface area contributed by atoms with Gasteiger partial charge in [0, 0.05) is 50.6 Å². The van der Waals surface area contributed by atoms with Gasteiger partial charge in [-0.15, -0.1) is 0 Å². The second-order valence-electron chi connectivity index (χ2n) is 33.7. The maximum absolute atomic E-state index is 12.8. The van der Waals surface area contributed by atoms with Crippen molar-refractivity contribution in [1.82, 2.24) is 20.1 Å². The van der Waals surface area contributed by atoms with Gasteiger partial charge in [-0.2, -0.15) is 0 Å². The van der Waals surface area contributed by atoms with E-state index in [1.54, 1.807) is 10.2 Å². The smallest absolute Gasteiger partial charge is 0.206 e. The van der Waals surface area contributed by atoms with Gasteiger partial charge < -0.3 is 5.11 Å². The summed E-state index contributed by atoms with van der Waals surface area (Å²) in [5.74, 6) is 1.32. The zero-order chi connectivity index (χ0) is 64.2. The van der Waals surface area contributed by atoms with Crippen LogP contribution in [0.5, 0.6) is 5.75 Å². The third-order valence-electron chi connectivity index (χ3n) is 17.7. The lowest BCUT2D eigenvalue weighted by molar-refractivity contribution is -0.740. The minimum Gasteiger partial charge on any atom is -0.868 e. The molecule has 0 spiro atoms. The highest BCUT2D eigenvalue weighted by atomic mass is 16.3. The molecule has 2 aliphatic rings. The molecule has 0 amide bonds. The molecular formula is C80H111N5O. The molecule has 462 valence electrons. The predicted molar refractivity (Wildman–Crippen MR) is 370 cm³/mol. The molecule has 0 aliphatic heterocycles. The third kappa shape index (κ3) is 14.6. The standard InChI is InChI=1S/C22H29N.C21H29N.C20H29N.C17H24N2O/c1-21(2,3)17-13-9-12-16-19(15-10-7-8-11-15)18(22(4,5)6)14-23-20(16)17;1-20(2,3)16-12-8-11-15-18(14-9-7-10-14)17(21(4,5)6)13-22-19(15)16;1-13(2)17-14-10-9-11-15(19(3,4)5)18(14)21-12-16(17)20(6,7)8;1-16(2,3)12-10-8-9-11-13(12)18-19(7)15(14(11)20)17(4,5)6/h9-10,12-14H,7-8,11H2,1-6H3;8,11-14H,7,9-10H2,1-6H3;9-13H,1-8H3;8-10H,1-7H3. The van der Waals surface area contributed by atoms with Gasteiger partial charge in [0.2, 0.25) is 5.69 Å². The largest absolute Gasteiger partial charge is 0.868 e. The van der Waals surface area contributed by atoms with Gasteiger partial charge in [-0.3, -0.25) is 15.0 Å². The zero-order valence-electron chi connectivity index (χ0n) is 58.8. The molecule has 0 saturated heterocycles. The van der Waals surface area contributed by atoms with Gasteiger partial charge in [0.15, 0.2) is 7.05 Å². The van der Waals surface area contributed by atoms with Gasteiger partial charge in [-0.05, 0) is 149 Å². The predicted octanol–water partition coefficient (Wildman–Crippen LogP) is 21.2. The zero-order valence-corrected chi connectivity index (χ0v) is 58.8. The Labute approximate surface area is 521 Å². The van der Waals surface area contributed by atoms with Crippen LogP contribution in [0.1, 0.15) is 292 Å². The summed E-state index contributed by atoms with van der Waals surface area (Å²) in [5, 5.41) is 22.3. The van der Waals surface area contributed by atoms with Crippen molar-refractivity contribution >= 4 is 49.2 Å². The van der Waals surface area contributed by atoms with Crippen molar-refractivity contribution in [2.45, 2.75) is 274 Å². The topological polar surface area (TPSA) is 78.5 Å². The first-order valence-corrected chi connectivity index (χ1v) is 32.4. The van der Waals surface area contributed by atoms with Crippen molar-refractivity contribution in [3.63, 3.8) is 0 Å². The molecule has 0 bridgehead atoms. The first-order chi connectivity index (χ1) is 39.5. The van der Waals surface area contributed by atoms with Crippen molar-refractivity contribution in [3.05, 3.63) is 159 Å². The van der Waals surface area contributed by atoms with Gasteiger partial charge in [-0.25, -0.2) is 0 Å². The molecule has 10 rings (SSSR count). The summed E-state index contributed by atoms with van der Waals surface area (Å²) in [7, 11) is 1.86. The van der Waals surface area contributed by atoms with Gasteiger partial charge >= 0.3 is 0 Å². The number of allylic oxidation sites excluding steroid dienone is 2. The van der Waals surface area contributed by atoms with E-state index in [9.17, 15) is 5.11 Å². The van der Waals surface area contributed by atoms with Crippen molar-refractivity contribution in [1.29, 1.82) is 0 Å². The van der Waals surface area contributed by atoms with Crippen molar-refractivity contribution in [2.24, 2.45) is 7.05 Å². The number of hydrogen-bond donors (Lipinski definition) is 0. The average molecular weight is 1160 g/mol. The Morgan fingerprint density at radius 3 is 1.21 bits per heavy atom. The van der Waals surface area contributed by atoms with E-state index in [2.05, 4.69) is 250 Å². The summed E-state index contributed by atoms with van der Waals surface area (Å²) in [4.78, 5) is 14.7. The van der Waals surface area contributed by atoms with Crippen molar-refractivity contribution in [3.8, 4) is 5.75 Å². The SMILES string of the molecule is CC(C)(C)c1cnc2c(C(C)(C)C)cccc2c1C1=CCCC1.CC(C)(C)c1cnc2c(C(C)(C)C)cccc2c1C1CCC1.CC(C)c1c(C(C)(C)C)cnc2c(C(C)(C)C)cccc12.C[n+]1nc2c(C(C)(C)C)cccc2c([O-])c1C(C)(C)C. The number of fused-ring (bicyclic) bond motifs is 4. The van der Waals surface area contributed by atoms with Gasteiger partial charge in [0.05, 0.1) is 16.6 Å². The molecular weight excluding hydrogens is 1050 g/mol. The fraction of sp³-hybridized carbons (Fsp3) is 0.537. The molecule has 0 unspecified atom stereocenters. The quantitative estimate of drug-likeness (QED) is 0.165. The van der Waals surface area contributed by atoms with Crippen molar-refractivity contribution < 1.29 is 9.79 Å². The Morgan fingerprint density at radius 2 is 0.814 bits per heavy atom. The lowest BCUT2D eigenvalue weighted by Crippen LogP contribution is -2.44. The number of benzene rings is 4. The number of para-hydroxylation sites is 3. The monoisotopic (exact) mass is 1160 g/mol. The van der Waals surface area contributed by atoms with E-state index >= 15 is 0 Å². The van der Waals surface area contributed by atoms with Crippen LogP contribution < -0.4 is 9.79 Å². The number of nitrogens with zero attached hydrogens (tertiary/aromatic N) is 5. The molecule has 1 saturated carbocycles. The van der Waals surface area contributed by atoms with Crippen LogP contribution in [0, 0.1) is 0 Å². The minimum atomic E-state index is -0.217. The van der Waals surface area contributed by atoms with E-state index in [-0.39, 0.29) is 49.1 Å². The average Bonchev–Trinajstić information content (AvgIpc) is 0.890. The molecule has 4 aromatic heterocycles. The van der Waals surface area contributed by atoms with Crippen LogP contribution in [0.4, 0.5) is 0 Å². The molecule has 0 radical (unpaired) electrons. The maximum Gasteiger partial charge on any atom is 0.206 e. The normalized spacial score (nSPS) is 14.8. The van der Waals surface area contributed by atoms with Crippen LogP contribution in [0.15, 0.2) is 97.5 Å². The maximum atomic E-state index is 12.8. The lowest BCUT2D eigenvalue weighted by Gasteiger charge is -2.34. The van der Waals surface area contributed by atoms with Gasteiger partial charge in [0.25, 0.3) is 0 Å². The van der Waals surface area contributed by atoms with Crippen LogP contribution in [0.3, 0.4) is 0 Å². The summed E-state index contributed by atoms with van der Waals surface area (Å²) >= 11 is 0. The molecule has 0 N–H and O–H groups in total. The van der Waals surface area contributed by atoms with Crippen LogP contribution in [-0.4, -0.2) is 20.1 Å². The van der Waals surface area contributed by atoms with E-state index in [0.29, 0.717) is 5.92 Å². The first kappa shape index (κ1) is 67.5. The number of aromatic nitrogens is 5. The van der Waals surface area contributed by atoms with Crippen LogP contribution in [-0.2, 0) is 50.4 Å². The second kappa shape index (κ2) is 24.5. The molecule has 4 aromatic carbocycles. The first-order valence-electron chi connectivity index (χ1n) is 32.4. The Balaban J connectivity index is 0.000000164. The van der Waals surface area contributed by atoms with Crippen LogP contribution >= 0.6 is 0 Å². The molecule has 8 aromatic rings. The summed E-state index contributed by atoms with van der Waals surface area (Å²) < 4.78 is 1.75. The molecule has 2 aliphatic carbocycles. The Bertz CT molecular complexity index is 3770. The fourth-order valence-electron chi connectivity index (χ4n) is 13.0. The number of rotatable bonds is 3. The molecule has 6 nitrogen and oxygen atoms in total. The van der Waals surface area contributed by atoms with Crippen LogP contribution in [0.2, 0.25) is 0 Å². The number of pyridine rings is 3. The molecule has 1 fully saturated rings. The van der Waals surface area contributed by atoms with E-state index in [4.69, 9.17) is 15.0 Å². The highest BCUT2D eigenvalue weighted by molar-refractivity contribution is 5.96. The molecule has 4 heterocycles. The Morgan fingerprint density at radius 1 is 0.430 bits per heavy atom. The lowest BCUT2D eigenvalue weighted by atomic mass is 9.71. The molecule has 6 heteroatoms. The summed E-state index contributed by atoms with van der Waals surface area (Å²) in [5.41, 5.74) is 21.0. The minimum absolute atomic E-state index is 0.0325. The highest BCUT2D eigenvalue weighted by Gasteiger charge is 2.33. The highest BCUT2D eigenvalue weighted by Crippen LogP contribution is 2.47. The second-order valence-corrected chi connectivity index (χ2v) is 33.7. The fourth-order valence-corrected chi connectivity index (χ4v) is 13.0. The van der Waals surface area contributed by atoms with E-state index < -0.39 is 0 Å². The van der Waals surface area contributed by atoms with E-state index in [1.807, 2.05) is 40.0 Å². The summed E-state index contributed by atoms with van der Waals surface area (Å²) in [6, 6.07) is 26.0. The third-order valence-corrected chi connectivity index (χ3v) is 17.7. The van der Waals surface area contributed by atoms with Crippen molar-refractivity contribution in [2.75, 3.05) is 0 Å². The Kier molecular flexibility index (Phi) is 19.2.